The molecule has 0 aliphatic carbocycles. The number of rotatable bonds is 7. The van der Waals surface area contributed by atoms with Crippen molar-refractivity contribution in [1.82, 2.24) is 14.8 Å². The van der Waals surface area contributed by atoms with Crippen LogP contribution in [-0.4, -0.2) is 56.0 Å². The van der Waals surface area contributed by atoms with Gasteiger partial charge in [-0.3, -0.25) is 19.3 Å². The van der Waals surface area contributed by atoms with Gasteiger partial charge in [-0.15, -0.1) is 0 Å². The fourth-order valence-corrected chi connectivity index (χ4v) is 5.61. The van der Waals surface area contributed by atoms with Crippen LogP contribution in [0.4, 0.5) is 28.9 Å². The predicted molar refractivity (Wildman–Crippen MR) is 160 cm³/mol. The summed E-state index contributed by atoms with van der Waals surface area (Å²) in [5.41, 5.74) is -1.80. The van der Waals surface area contributed by atoms with Crippen LogP contribution in [-0.2, 0) is 18.0 Å². The SMILES string of the molecule is Cn1ncnc1[C@H]1C2=NCC(=O)c3cc(F)cc(c32)N[C@@H]1c1ccc(OC[C@](C)(O)C(=O)Nc2ccc(C#N)c(C(F)(F)F)c2)cc1. The Labute approximate surface area is 264 Å². The fraction of sp³-hybridized carbons (Fsp3) is 0.250. The Kier molecular flexibility index (Phi) is 7.76. The highest BCUT2D eigenvalue weighted by molar-refractivity contribution is 6.21. The minimum absolute atomic E-state index is 0.138. The summed E-state index contributed by atoms with van der Waals surface area (Å²) in [7, 11) is 1.73. The molecule has 47 heavy (non-hydrogen) atoms. The first-order valence-electron chi connectivity index (χ1n) is 14.2. The number of nitrogens with zero attached hydrogens (tertiary/aromatic N) is 5. The molecule has 6 rings (SSSR count). The Balaban J connectivity index is 1.21. The minimum Gasteiger partial charge on any atom is -0.490 e. The Morgan fingerprint density at radius 2 is 1.94 bits per heavy atom. The molecule has 0 radical (unpaired) electrons. The van der Waals surface area contributed by atoms with Crippen LogP contribution in [0.1, 0.15) is 57.3 Å². The van der Waals surface area contributed by atoms with E-state index in [2.05, 4.69) is 25.7 Å². The second-order valence-electron chi connectivity index (χ2n) is 11.3. The number of nitriles is 1. The van der Waals surface area contributed by atoms with Crippen LogP contribution in [0.2, 0.25) is 0 Å². The topological polar surface area (TPSA) is 155 Å². The maximum Gasteiger partial charge on any atom is 0.417 e. The molecule has 3 N–H and O–H groups in total. The number of Topliss-reactive ketones (excluding diaryl/α,β-unsaturated/α-hetero) is 1. The first kappa shape index (κ1) is 31.4. The average molecular weight is 648 g/mol. The number of aromatic nitrogens is 3. The van der Waals surface area contributed by atoms with Crippen molar-refractivity contribution in [2.24, 2.45) is 12.0 Å². The summed E-state index contributed by atoms with van der Waals surface area (Å²) in [6.45, 7) is 0.453. The fourth-order valence-electron chi connectivity index (χ4n) is 5.61. The van der Waals surface area contributed by atoms with E-state index in [1.807, 2.05) is 0 Å². The van der Waals surface area contributed by atoms with Gasteiger partial charge in [-0.1, -0.05) is 12.1 Å². The summed E-state index contributed by atoms with van der Waals surface area (Å²) < 4.78 is 61.8. The zero-order chi connectivity index (χ0) is 33.7. The van der Waals surface area contributed by atoms with E-state index in [0.717, 1.165) is 19.1 Å². The summed E-state index contributed by atoms with van der Waals surface area (Å²) in [5.74, 6) is -1.58. The molecule has 1 aromatic heterocycles. The lowest BCUT2D eigenvalue weighted by Crippen LogP contribution is -2.45. The molecule has 240 valence electrons. The maximum atomic E-state index is 14.6. The van der Waals surface area contributed by atoms with Crippen LogP contribution in [0.15, 0.2) is 65.9 Å². The number of aliphatic imine (C=N–C) groups is 1. The molecule has 0 saturated carbocycles. The molecule has 3 aromatic carbocycles. The molecule has 0 fully saturated rings. The van der Waals surface area contributed by atoms with Crippen LogP contribution in [0.3, 0.4) is 0 Å². The lowest BCUT2D eigenvalue weighted by atomic mass is 9.78. The Bertz CT molecular complexity index is 1980. The number of hydrogen-bond donors (Lipinski definition) is 3. The molecule has 11 nitrogen and oxygen atoms in total. The molecule has 0 bridgehead atoms. The summed E-state index contributed by atoms with van der Waals surface area (Å²) in [6, 6.07) is 12.7. The van der Waals surface area contributed by atoms with Crippen LogP contribution >= 0.6 is 0 Å². The average Bonchev–Trinajstić information content (AvgIpc) is 3.46. The van der Waals surface area contributed by atoms with Crippen molar-refractivity contribution in [2.75, 3.05) is 23.8 Å². The normalized spacial score (nSPS) is 18.3. The van der Waals surface area contributed by atoms with Crippen molar-refractivity contribution < 1.29 is 37.0 Å². The first-order valence-corrected chi connectivity index (χ1v) is 14.2. The number of ketones is 1. The Morgan fingerprint density at radius 1 is 1.19 bits per heavy atom. The molecule has 0 unspecified atom stereocenters. The third-order valence-electron chi connectivity index (χ3n) is 7.97. The molecule has 3 atom stereocenters. The monoisotopic (exact) mass is 647 g/mol. The van der Waals surface area contributed by atoms with Gasteiger partial charge in [-0.2, -0.15) is 23.5 Å². The zero-order valence-electron chi connectivity index (χ0n) is 24.8. The minimum atomic E-state index is -4.82. The summed E-state index contributed by atoms with van der Waals surface area (Å²) in [4.78, 5) is 34.4. The van der Waals surface area contributed by atoms with Gasteiger partial charge in [0.25, 0.3) is 5.91 Å². The maximum absolute atomic E-state index is 14.6. The highest BCUT2D eigenvalue weighted by Gasteiger charge is 2.42. The highest BCUT2D eigenvalue weighted by atomic mass is 19.4. The lowest BCUT2D eigenvalue weighted by Gasteiger charge is -2.37. The largest absolute Gasteiger partial charge is 0.490 e. The van der Waals surface area contributed by atoms with Gasteiger partial charge in [0, 0.05) is 29.5 Å². The van der Waals surface area contributed by atoms with Crippen LogP contribution in [0.5, 0.6) is 5.75 Å². The number of alkyl halides is 3. The molecule has 1 amide bonds. The number of benzene rings is 3. The molecule has 0 saturated heterocycles. The lowest BCUT2D eigenvalue weighted by molar-refractivity contribution is -0.138. The van der Waals surface area contributed by atoms with E-state index in [1.165, 1.54) is 24.5 Å². The van der Waals surface area contributed by atoms with Gasteiger partial charge in [0.15, 0.2) is 11.4 Å². The standard InChI is InChI=1S/C32H25F4N7O4/c1-31(46,30(45)41-19-6-3-17(12-37)22(11-19)32(34,35)36)14-47-20-7-4-16(5-8-20)27-26(29-39-15-40-43(29)2)28-25-21(24(44)13-38-28)9-18(33)10-23(25)42-27/h3-11,15,26-27,42,46H,13-14H2,1-2H3,(H,41,45)/t26-,27-,31+/m1/s1. The van der Waals surface area contributed by atoms with E-state index >= 15 is 0 Å². The van der Waals surface area contributed by atoms with E-state index < -0.39 is 53.2 Å². The number of carbonyl (C=O) groups is 2. The van der Waals surface area contributed by atoms with Gasteiger partial charge in [0.05, 0.1) is 34.9 Å². The Hall–Kier alpha value is -5.62. The number of ether oxygens (including phenoxy) is 1. The second kappa shape index (κ2) is 11.6. The number of carbonyl (C=O) groups excluding carboxylic acids is 2. The number of anilines is 2. The van der Waals surface area contributed by atoms with E-state index in [-0.39, 0.29) is 29.3 Å². The Morgan fingerprint density at radius 3 is 2.60 bits per heavy atom. The van der Waals surface area contributed by atoms with Crippen molar-refractivity contribution in [3.05, 3.63) is 100 Å². The molecular weight excluding hydrogens is 622 g/mol. The van der Waals surface area contributed by atoms with Crippen molar-refractivity contribution in [3.63, 3.8) is 0 Å². The number of aliphatic hydroxyl groups is 1. The molecule has 3 heterocycles. The van der Waals surface area contributed by atoms with Gasteiger partial charge in [-0.25, -0.2) is 9.37 Å². The van der Waals surface area contributed by atoms with Crippen molar-refractivity contribution in [3.8, 4) is 11.8 Å². The van der Waals surface area contributed by atoms with E-state index in [0.29, 0.717) is 34.4 Å². The van der Waals surface area contributed by atoms with Crippen LogP contribution in [0.25, 0.3) is 0 Å². The summed E-state index contributed by atoms with van der Waals surface area (Å²) in [5, 5.41) is 29.5. The van der Waals surface area contributed by atoms with Crippen molar-refractivity contribution >= 4 is 28.8 Å². The molecule has 0 spiro atoms. The van der Waals surface area contributed by atoms with E-state index in [1.54, 1.807) is 36.0 Å². The van der Waals surface area contributed by atoms with Crippen molar-refractivity contribution in [1.29, 1.82) is 5.26 Å². The van der Waals surface area contributed by atoms with Gasteiger partial charge in [0.2, 0.25) is 0 Å². The number of aryl methyl sites for hydroxylation is 1. The second-order valence-corrected chi connectivity index (χ2v) is 11.3. The predicted octanol–water partition coefficient (Wildman–Crippen LogP) is 4.55. The smallest absolute Gasteiger partial charge is 0.417 e. The van der Waals surface area contributed by atoms with Crippen LogP contribution < -0.4 is 15.4 Å². The number of hydrogen-bond acceptors (Lipinski definition) is 9. The third-order valence-corrected chi connectivity index (χ3v) is 7.97. The number of nitrogens with one attached hydrogen (secondary N) is 2. The van der Waals surface area contributed by atoms with Gasteiger partial charge >= 0.3 is 6.18 Å². The summed E-state index contributed by atoms with van der Waals surface area (Å²) >= 11 is 0. The van der Waals surface area contributed by atoms with Gasteiger partial charge in [0.1, 0.15) is 36.9 Å². The zero-order valence-corrected chi connectivity index (χ0v) is 24.8. The first-order chi connectivity index (χ1) is 22.3. The molecule has 2 aliphatic rings. The van der Waals surface area contributed by atoms with Gasteiger partial charge in [-0.05, 0) is 55.0 Å². The number of amides is 1. The summed E-state index contributed by atoms with van der Waals surface area (Å²) in [6.07, 6.45) is -3.42. The third kappa shape index (κ3) is 5.90. The quantitative estimate of drug-likeness (QED) is 0.247. The van der Waals surface area contributed by atoms with Gasteiger partial charge < -0.3 is 20.5 Å². The van der Waals surface area contributed by atoms with E-state index in [4.69, 9.17) is 10.00 Å². The van der Waals surface area contributed by atoms with Crippen molar-refractivity contribution in [2.45, 2.75) is 30.7 Å². The molecule has 4 aromatic rings. The highest BCUT2D eigenvalue weighted by Crippen LogP contribution is 2.45. The van der Waals surface area contributed by atoms with Crippen LogP contribution in [0, 0.1) is 17.1 Å². The molecule has 2 aliphatic heterocycles. The number of halogens is 4. The molecule has 15 heteroatoms. The molecular formula is C32H25F4N7O4. The van der Waals surface area contributed by atoms with E-state index in [9.17, 15) is 32.3 Å².